The minimum atomic E-state index is -4.60. The lowest BCUT2D eigenvalue weighted by Crippen LogP contribution is -2.34. The Balaban J connectivity index is 1.34. The first-order valence-electron chi connectivity index (χ1n) is 12.2. The molecule has 6 rings (SSSR count). The van der Waals surface area contributed by atoms with Gasteiger partial charge in [0, 0.05) is 16.0 Å². The van der Waals surface area contributed by atoms with Crippen LogP contribution in [0.3, 0.4) is 0 Å². The van der Waals surface area contributed by atoms with E-state index < -0.39 is 17.6 Å². The van der Waals surface area contributed by atoms with Crippen LogP contribution in [0.15, 0.2) is 58.4 Å². The molecule has 1 amide bonds. The maximum Gasteiger partial charge on any atom is 0.418 e. The number of ether oxygens (including phenoxy) is 1. The molecule has 1 aromatic heterocycles. The summed E-state index contributed by atoms with van der Waals surface area (Å²) in [5.74, 6) is 1.76. The first-order valence-corrected chi connectivity index (χ1v) is 13.9. The van der Waals surface area contributed by atoms with Gasteiger partial charge in [-0.1, -0.05) is 35.6 Å². The number of fused-ring (bicyclic) bond motifs is 6. The van der Waals surface area contributed by atoms with Gasteiger partial charge in [-0.05, 0) is 66.8 Å². The van der Waals surface area contributed by atoms with Crippen molar-refractivity contribution in [3.63, 3.8) is 0 Å². The number of halogens is 3. The fourth-order valence-corrected chi connectivity index (χ4v) is 9.60. The van der Waals surface area contributed by atoms with E-state index in [1.807, 2.05) is 12.1 Å². The second-order valence-corrected chi connectivity index (χ2v) is 12.1. The summed E-state index contributed by atoms with van der Waals surface area (Å²) in [6, 6.07) is 12.9. The van der Waals surface area contributed by atoms with Crippen molar-refractivity contribution in [1.29, 1.82) is 0 Å². The van der Waals surface area contributed by atoms with Crippen molar-refractivity contribution in [3.8, 4) is 5.75 Å². The van der Waals surface area contributed by atoms with Crippen LogP contribution < -0.4 is 14.9 Å². The molecule has 0 radical (unpaired) electrons. The van der Waals surface area contributed by atoms with Gasteiger partial charge in [0.05, 0.1) is 23.4 Å². The van der Waals surface area contributed by atoms with E-state index in [2.05, 4.69) is 17.4 Å². The van der Waals surface area contributed by atoms with Crippen LogP contribution in [0, 0.1) is 17.8 Å². The fourth-order valence-electron chi connectivity index (χ4n) is 6.44. The number of para-hydroxylation sites is 1. The standard InChI is InChI=1S/C27H25F3N2O3S2/c1-35-17-10-8-14(9-11-17)21-22-15-6-7-16(12-15)23(22)36-25-24(21)37-26(34)32(25)13-20(33)31-19-5-3-2-4-18(19)27(28,29)30/h2-5,8-11,15-16,21-23H,6-7,12-13H2,1H3,(H,31,33)/t15?,16?,21-,22?,23?/m0/s1. The third-order valence-electron chi connectivity index (χ3n) is 7.97. The number of anilines is 1. The highest BCUT2D eigenvalue weighted by atomic mass is 32.2. The second kappa shape index (κ2) is 9.23. The van der Waals surface area contributed by atoms with Gasteiger partial charge < -0.3 is 10.1 Å². The summed E-state index contributed by atoms with van der Waals surface area (Å²) in [4.78, 5) is 26.8. The van der Waals surface area contributed by atoms with Crippen molar-refractivity contribution in [1.82, 2.24) is 4.57 Å². The summed E-state index contributed by atoms with van der Waals surface area (Å²) in [7, 11) is 1.63. The van der Waals surface area contributed by atoms with Crippen molar-refractivity contribution in [2.75, 3.05) is 12.4 Å². The van der Waals surface area contributed by atoms with Gasteiger partial charge in [0.15, 0.2) is 0 Å². The Labute approximate surface area is 220 Å². The van der Waals surface area contributed by atoms with Crippen LogP contribution in [0.4, 0.5) is 18.9 Å². The molecule has 2 heterocycles. The molecule has 0 saturated heterocycles. The van der Waals surface area contributed by atoms with Crippen LogP contribution in [0.2, 0.25) is 0 Å². The number of benzene rings is 2. The lowest BCUT2D eigenvalue weighted by atomic mass is 9.75. The fraction of sp³-hybridized carbons (Fsp3) is 0.407. The monoisotopic (exact) mass is 546 g/mol. The molecule has 5 nitrogen and oxygen atoms in total. The number of hydrogen-bond acceptors (Lipinski definition) is 5. The van der Waals surface area contributed by atoms with E-state index in [1.165, 1.54) is 42.0 Å². The van der Waals surface area contributed by atoms with Gasteiger partial charge in [-0.15, -0.1) is 11.8 Å². The van der Waals surface area contributed by atoms with E-state index in [-0.39, 0.29) is 23.0 Å². The molecule has 2 aromatic carbocycles. The van der Waals surface area contributed by atoms with Crippen LogP contribution in [0.5, 0.6) is 5.75 Å². The smallest absolute Gasteiger partial charge is 0.418 e. The summed E-state index contributed by atoms with van der Waals surface area (Å²) in [6.07, 6.45) is -1.04. The molecule has 3 aliphatic rings. The molecule has 1 N–H and O–H groups in total. The molecule has 2 fully saturated rings. The first-order chi connectivity index (χ1) is 17.7. The number of amides is 1. The molecule has 1 aliphatic heterocycles. The van der Waals surface area contributed by atoms with Crippen LogP contribution in [0.25, 0.3) is 0 Å². The molecule has 5 atom stereocenters. The van der Waals surface area contributed by atoms with Crippen LogP contribution >= 0.6 is 23.1 Å². The SMILES string of the molecule is COc1ccc([C@@H]2c3sc(=O)n(CC(=O)Nc4ccccc4C(F)(F)F)c3SC3C4CCC(C4)C32)cc1. The minimum absolute atomic E-state index is 0.0513. The van der Waals surface area contributed by atoms with E-state index in [0.717, 1.165) is 38.6 Å². The lowest BCUT2D eigenvalue weighted by Gasteiger charge is -2.40. The molecule has 2 saturated carbocycles. The van der Waals surface area contributed by atoms with Crippen molar-refractivity contribution in [2.45, 2.75) is 48.2 Å². The number of hydrogen-bond donors (Lipinski definition) is 1. The van der Waals surface area contributed by atoms with Gasteiger partial charge in [0.25, 0.3) is 0 Å². The Hall–Kier alpha value is -2.72. The molecule has 2 bridgehead atoms. The predicted molar refractivity (Wildman–Crippen MR) is 137 cm³/mol. The average Bonchev–Trinajstić information content (AvgIpc) is 3.57. The maximum atomic E-state index is 13.4. The molecule has 3 aromatic rings. The quantitative estimate of drug-likeness (QED) is 0.412. The number of carbonyl (C=O) groups is 1. The van der Waals surface area contributed by atoms with Crippen molar-refractivity contribution in [2.24, 2.45) is 17.8 Å². The second-order valence-electron chi connectivity index (χ2n) is 9.96. The zero-order chi connectivity index (χ0) is 25.9. The Morgan fingerprint density at radius 2 is 1.84 bits per heavy atom. The van der Waals surface area contributed by atoms with E-state index in [4.69, 9.17) is 4.74 Å². The summed E-state index contributed by atoms with van der Waals surface area (Å²) in [5, 5.41) is 3.52. The number of alkyl halides is 3. The van der Waals surface area contributed by atoms with Crippen molar-refractivity contribution < 1.29 is 22.7 Å². The number of thiazole rings is 1. The highest BCUT2D eigenvalue weighted by Gasteiger charge is 2.55. The molecule has 10 heteroatoms. The molecular formula is C27H25F3N2O3S2. The first kappa shape index (κ1) is 24.6. The van der Waals surface area contributed by atoms with Gasteiger partial charge in [-0.25, -0.2) is 0 Å². The Kier molecular flexibility index (Phi) is 6.14. The Morgan fingerprint density at radius 1 is 1.11 bits per heavy atom. The number of carbonyl (C=O) groups excluding carboxylic acids is 1. The van der Waals surface area contributed by atoms with E-state index in [9.17, 15) is 22.8 Å². The summed E-state index contributed by atoms with van der Waals surface area (Å²) < 4.78 is 47.0. The maximum absolute atomic E-state index is 13.4. The van der Waals surface area contributed by atoms with E-state index >= 15 is 0 Å². The van der Waals surface area contributed by atoms with Gasteiger partial charge in [-0.3, -0.25) is 14.2 Å². The minimum Gasteiger partial charge on any atom is -0.497 e. The predicted octanol–water partition coefficient (Wildman–Crippen LogP) is 6.23. The molecular weight excluding hydrogens is 521 g/mol. The van der Waals surface area contributed by atoms with Gasteiger partial charge >= 0.3 is 11.0 Å². The van der Waals surface area contributed by atoms with Gasteiger partial charge in [0.1, 0.15) is 12.3 Å². The molecule has 2 aliphatic carbocycles. The van der Waals surface area contributed by atoms with Gasteiger partial charge in [-0.2, -0.15) is 13.2 Å². The lowest BCUT2D eigenvalue weighted by molar-refractivity contribution is -0.137. The third-order valence-corrected chi connectivity index (χ3v) is 10.8. The zero-order valence-electron chi connectivity index (χ0n) is 20.0. The van der Waals surface area contributed by atoms with Gasteiger partial charge in [0.2, 0.25) is 5.91 Å². The number of nitrogens with zero attached hydrogens (tertiary/aromatic N) is 1. The molecule has 4 unspecified atom stereocenters. The van der Waals surface area contributed by atoms with Crippen molar-refractivity contribution >= 4 is 34.7 Å². The molecule has 37 heavy (non-hydrogen) atoms. The number of methoxy groups -OCH3 is 1. The van der Waals surface area contributed by atoms with Crippen molar-refractivity contribution in [3.05, 3.63) is 74.2 Å². The molecule has 0 spiro atoms. The van der Waals surface area contributed by atoms with E-state index in [0.29, 0.717) is 23.0 Å². The summed E-state index contributed by atoms with van der Waals surface area (Å²) in [5.41, 5.74) is -0.0993. The number of rotatable bonds is 5. The van der Waals surface area contributed by atoms with Crippen LogP contribution in [-0.4, -0.2) is 22.8 Å². The largest absolute Gasteiger partial charge is 0.497 e. The number of nitrogens with one attached hydrogen (secondary N) is 1. The summed E-state index contributed by atoms with van der Waals surface area (Å²) >= 11 is 2.85. The Bertz CT molecular complexity index is 1400. The average molecular weight is 547 g/mol. The highest BCUT2D eigenvalue weighted by molar-refractivity contribution is 8.00. The number of thioether (sulfide) groups is 1. The Morgan fingerprint density at radius 3 is 2.57 bits per heavy atom. The third kappa shape index (κ3) is 4.27. The normalized spacial score (nSPS) is 26.0. The topological polar surface area (TPSA) is 60.3 Å². The van der Waals surface area contributed by atoms with Crippen LogP contribution in [0.1, 0.15) is 41.2 Å². The zero-order valence-corrected chi connectivity index (χ0v) is 21.6. The highest BCUT2D eigenvalue weighted by Crippen LogP contribution is 2.64. The van der Waals surface area contributed by atoms with E-state index in [1.54, 1.807) is 18.9 Å². The summed E-state index contributed by atoms with van der Waals surface area (Å²) in [6.45, 7) is -0.329. The molecule has 194 valence electrons. The van der Waals surface area contributed by atoms with Crippen LogP contribution in [-0.2, 0) is 17.5 Å². The number of aromatic nitrogens is 1.